The summed E-state index contributed by atoms with van der Waals surface area (Å²) in [5.41, 5.74) is 1.19. The van der Waals surface area contributed by atoms with Gasteiger partial charge in [0.15, 0.2) is 0 Å². The fourth-order valence-electron chi connectivity index (χ4n) is 3.88. The first-order chi connectivity index (χ1) is 12.2. The number of fused-ring (bicyclic) bond motifs is 3. The van der Waals surface area contributed by atoms with E-state index in [1.165, 1.54) is 47.9 Å². The van der Waals surface area contributed by atoms with Gasteiger partial charge in [0.25, 0.3) is 5.56 Å². The molecule has 2 N–H and O–H groups in total. The maximum absolute atomic E-state index is 12.4. The van der Waals surface area contributed by atoms with Crippen molar-refractivity contribution in [3.63, 3.8) is 0 Å². The number of nitrogens with one attached hydrogen (secondary N) is 2. The van der Waals surface area contributed by atoms with E-state index in [1.807, 2.05) is 0 Å². The molecule has 2 aliphatic carbocycles. The summed E-state index contributed by atoms with van der Waals surface area (Å²) in [7, 11) is 0. The van der Waals surface area contributed by atoms with Crippen LogP contribution in [0.15, 0.2) is 4.79 Å². The molecule has 0 bridgehead atoms. The van der Waals surface area contributed by atoms with E-state index < -0.39 is 0 Å². The van der Waals surface area contributed by atoms with Gasteiger partial charge in [-0.25, -0.2) is 4.98 Å². The smallest absolute Gasteiger partial charge is 0.259 e. The van der Waals surface area contributed by atoms with Crippen molar-refractivity contribution in [2.75, 3.05) is 12.3 Å². The van der Waals surface area contributed by atoms with E-state index >= 15 is 0 Å². The number of aromatic nitrogens is 2. The van der Waals surface area contributed by atoms with Crippen molar-refractivity contribution in [3.05, 3.63) is 26.6 Å². The van der Waals surface area contributed by atoms with Gasteiger partial charge in [-0.1, -0.05) is 12.8 Å². The molecule has 0 atom stereocenters. The lowest BCUT2D eigenvalue weighted by Gasteiger charge is -2.10. The Bertz CT molecular complexity index is 837. The minimum Gasteiger partial charge on any atom is -0.355 e. The number of rotatable bonds is 6. The lowest BCUT2D eigenvalue weighted by atomic mass is 10.1. The monoisotopic (exact) mass is 377 g/mol. The quantitative estimate of drug-likeness (QED) is 0.811. The van der Waals surface area contributed by atoms with Gasteiger partial charge < -0.3 is 10.3 Å². The summed E-state index contributed by atoms with van der Waals surface area (Å²) in [6, 6.07) is 0. The van der Waals surface area contributed by atoms with Crippen molar-refractivity contribution in [2.24, 2.45) is 5.92 Å². The van der Waals surface area contributed by atoms with Gasteiger partial charge in [-0.15, -0.1) is 23.1 Å². The van der Waals surface area contributed by atoms with E-state index in [9.17, 15) is 9.59 Å². The molecule has 4 rings (SSSR count). The number of amides is 1. The molecule has 0 saturated heterocycles. The summed E-state index contributed by atoms with van der Waals surface area (Å²) in [5.74, 6) is 2.39. The van der Waals surface area contributed by atoms with E-state index in [2.05, 4.69) is 15.3 Å². The molecular weight excluding hydrogens is 354 g/mol. The van der Waals surface area contributed by atoms with Crippen LogP contribution >= 0.6 is 23.1 Å². The van der Waals surface area contributed by atoms with Gasteiger partial charge in [-0.2, -0.15) is 0 Å². The van der Waals surface area contributed by atoms with Gasteiger partial charge in [0, 0.05) is 11.4 Å². The van der Waals surface area contributed by atoms with E-state index in [-0.39, 0.29) is 11.5 Å². The Labute approximate surface area is 155 Å². The maximum Gasteiger partial charge on any atom is 0.259 e. The van der Waals surface area contributed by atoms with Crippen molar-refractivity contribution in [1.29, 1.82) is 0 Å². The number of aryl methyl sites for hydroxylation is 2. The Kier molecular flexibility index (Phi) is 5.12. The van der Waals surface area contributed by atoms with Crippen molar-refractivity contribution in [3.8, 4) is 0 Å². The molecule has 2 aromatic heterocycles. The van der Waals surface area contributed by atoms with Crippen LogP contribution in [-0.2, 0) is 23.4 Å². The van der Waals surface area contributed by atoms with Crippen molar-refractivity contribution in [2.45, 2.75) is 50.7 Å². The fourth-order valence-corrected chi connectivity index (χ4v) is 5.88. The number of thiophene rings is 1. The van der Waals surface area contributed by atoms with E-state index in [4.69, 9.17) is 0 Å². The van der Waals surface area contributed by atoms with E-state index in [1.54, 1.807) is 11.3 Å². The zero-order valence-electron chi connectivity index (χ0n) is 14.2. The topological polar surface area (TPSA) is 74.8 Å². The number of hydrogen-bond donors (Lipinski definition) is 2. The Morgan fingerprint density at radius 3 is 2.96 bits per heavy atom. The highest BCUT2D eigenvalue weighted by Gasteiger charge is 2.21. The molecule has 134 valence electrons. The van der Waals surface area contributed by atoms with Crippen LogP contribution in [-0.4, -0.2) is 28.2 Å². The summed E-state index contributed by atoms with van der Waals surface area (Å²) in [4.78, 5) is 34.0. The zero-order chi connectivity index (χ0) is 17.2. The van der Waals surface area contributed by atoms with Crippen LogP contribution < -0.4 is 10.9 Å². The van der Waals surface area contributed by atoms with E-state index in [0.717, 1.165) is 36.0 Å². The summed E-state index contributed by atoms with van der Waals surface area (Å²) in [5, 5.41) is 3.82. The number of nitrogens with zero attached hydrogens (tertiary/aromatic N) is 1. The standard InChI is InChI=1S/C18H23N3O2S2/c22-15(19-8-11-4-1-2-5-11)10-24-9-14-20-17(23)16-12-6-3-7-13(12)25-18(16)21-14/h11H,1-10H2,(H,19,22)(H,20,21,23). The lowest BCUT2D eigenvalue weighted by molar-refractivity contribution is -0.118. The van der Waals surface area contributed by atoms with Gasteiger partial charge in [-0.3, -0.25) is 9.59 Å². The van der Waals surface area contributed by atoms with Crippen LogP contribution in [0.3, 0.4) is 0 Å². The Balaban J connectivity index is 1.32. The molecule has 2 aromatic rings. The van der Waals surface area contributed by atoms with Crippen LogP contribution in [0.25, 0.3) is 10.2 Å². The molecule has 5 nitrogen and oxygen atoms in total. The molecule has 1 fully saturated rings. The van der Waals surface area contributed by atoms with Crippen LogP contribution in [0.2, 0.25) is 0 Å². The molecular formula is C18H23N3O2S2. The van der Waals surface area contributed by atoms with Gasteiger partial charge in [0.1, 0.15) is 10.7 Å². The second-order valence-electron chi connectivity index (χ2n) is 7.00. The molecule has 0 radical (unpaired) electrons. The third-order valence-electron chi connectivity index (χ3n) is 5.16. The van der Waals surface area contributed by atoms with Gasteiger partial charge in [0.2, 0.25) is 5.91 Å². The molecule has 7 heteroatoms. The Hall–Kier alpha value is -1.34. The van der Waals surface area contributed by atoms with Crippen molar-refractivity contribution >= 4 is 39.2 Å². The number of aromatic amines is 1. The molecule has 1 amide bonds. The Morgan fingerprint density at radius 2 is 2.12 bits per heavy atom. The third kappa shape index (κ3) is 3.77. The Morgan fingerprint density at radius 1 is 1.28 bits per heavy atom. The summed E-state index contributed by atoms with van der Waals surface area (Å²) in [6.07, 6.45) is 8.28. The van der Waals surface area contributed by atoms with Crippen LogP contribution in [0.5, 0.6) is 0 Å². The second kappa shape index (κ2) is 7.50. The molecule has 2 aliphatic rings. The minimum absolute atomic E-state index is 0.0225. The van der Waals surface area contributed by atoms with Crippen LogP contribution in [0.1, 0.15) is 48.4 Å². The minimum atomic E-state index is -0.0225. The molecule has 0 unspecified atom stereocenters. The summed E-state index contributed by atoms with van der Waals surface area (Å²) >= 11 is 3.16. The first kappa shape index (κ1) is 17.1. The maximum atomic E-state index is 12.4. The number of hydrogen-bond acceptors (Lipinski definition) is 5. The van der Waals surface area contributed by atoms with Gasteiger partial charge in [-0.05, 0) is 43.6 Å². The largest absolute Gasteiger partial charge is 0.355 e. The lowest BCUT2D eigenvalue weighted by Crippen LogP contribution is -2.29. The normalized spacial score (nSPS) is 17.3. The number of carbonyl (C=O) groups is 1. The third-order valence-corrected chi connectivity index (χ3v) is 7.29. The zero-order valence-corrected chi connectivity index (χ0v) is 15.9. The summed E-state index contributed by atoms with van der Waals surface area (Å²) in [6.45, 7) is 0.807. The van der Waals surface area contributed by atoms with E-state index in [0.29, 0.717) is 23.2 Å². The first-order valence-electron chi connectivity index (χ1n) is 9.08. The number of thioether (sulfide) groups is 1. The van der Waals surface area contributed by atoms with Crippen LogP contribution in [0.4, 0.5) is 0 Å². The predicted octanol–water partition coefficient (Wildman–Crippen LogP) is 3.01. The fraction of sp³-hybridized carbons (Fsp3) is 0.611. The van der Waals surface area contributed by atoms with Gasteiger partial charge in [0.05, 0.1) is 16.9 Å². The molecule has 0 spiro atoms. The summed E-state index contributed by atoms with van der Waals surface area (Å²) < 4.78 is 0. The first-order valence-corrected chi connectivity index (χ1v) is 11.1. The average molecular weight is 378 g/mol. The van der Waals surface area contributed by atoms with Crippen molar-refractivity contribution in [1.82, 2.24) is 15.3 Å². The SMILES string of the molecule is O=C(CSCc1nc2sc3c(c2c(=O)[nH]1)CCC3)NCC1CCCC1. The predicted molar refractivity (Wildman–Crippen MR) is 103 cm³/mol. The average Bonchev–Trinajstić information content (AvgIpc) is 3.29. The van der Waals surface area contributed by atoms with Gasteiger partial charge >= 0.3 is 0 Å². The molecule has 1 saturated carbocycles. The highest BCUT2D eigenvalue weighted by molar-refractivity contribution is 7.99. The van der Waals surface area contributed by atoms with Crippen molar-refractivity contribution < 1.29 is 4.79 Å². The molecule has 0 aromatic carbocycles. The number of H-pyrrole nitrogens is 1. The molecule has 0 aliphatic heterocycles. The van der Waals surface area contributed by atoms with Crippen LogP contribution in [0, 0.1) is 5.92 Å². The highest BCUT2D eigenvalue weighted by atomic mass is 32.2. The molecule has 2 heterocycles. The molecule has 25 heavy (non-hydrogen) atoms. The second-order valence-corrected chi connectivity index (χ2v) is 9.07. The highest BCUT2D eigenvalue weighted by Crippen LogP contribution is 2.34. The number of carbonyl (C=O) groups excluding carboxylic acids is 1.